The van der Waals surface area contributed by atoms with Gasteiger partial charge in [0.1, 0.15) is 0 Å². The van der Waals surface area contributed by atoms with Gasteiger partial charge in [0.2, 0.25) is 10.0 Å². The van der Waals surface area contributed by atoms with Gasteiger partial charge in [0.05, 0.1) is 21.5 Å². The van der Waals surface area contributed by atoms with Gasteiger partial charge < -0.3 is 4.98 Å². The Labute approximate surface area is 135 Å². The molecule has 1 heterocycles. The first-order valence-corrected chi connectivity index (χ1v) is 8.27. The van der Waals surface area contributed by atoms with Crippen molar-refractivity contribution in [3.8, 4) is 5.69 Å². The summed E-state index contributed by atoms with van der Waals surface area (Å²) in [5.74, 6) is 0. The summed E-state index contributed by atoms with van der Waals surface area (Å²) in [6.45, 7) is 0. The summed E-state index contributed by atoms with van der Waals surface area (Å²) < 4.78 is 23.4. The molecule has 0 radical (unpaired) electrons. The van der Waals surface area contributed by atoms with Crippen LogP contribution in [0.2, 0.25) is 5.02 Å². The van der Waals surface area contributed by atoms with E-state index in [2.05, 4.69) is 4.98 Å². The number of fused-ring (bicyclic) bond motifs is 1. The Balaban J connectivity index is 2.28. The van der Waals surface area contributed by atoms with Crippen LogP contribution in [0.3, 0.4) is 0 Å². The number of nitrogens with one attached hydrogen (secondary N) is 1. The minimum Gasteiger partial charge on any atom is -0.306 e. The maximum absolute atomic E-state index is 12.5. The van der Waals surface area contributed by atoms with Gasteiger partial charge in [0, 0.05) is 5.02 Å². The van der Waals surface area contributed by atoms with Crippen molar-refractivity contribution in [2.75, 3.05) is 0 Å². The number of halogens is 1. The monoisotopic (exact) mass is 351 g/mol. The zero-order chi connectivity index (χ0) is 16.8. The number of primary sulfonamides is 1. The van der Waals surface area contributed by atoms with E-state index < -0.39 is 21.3 Å². The van der Waals surface area contributed by atoms with Crippen molar-refractivity contribution in [1.82, 2.24) is 9.55 Å². The molecule has 0 fully saturated rings. The quantitative estimate of drug-likeness (QED) is 0.716. The van der Waals surface area contributed by atoms with Crippen molar-refractivity contribution in [3.05, 3.63) is 68.3 Å². The van der Waals surface area contributed by atoms with Gasteiger partial charge in [-0.25, -0.2) is 22.9 Å². The molecule has 0 aliphatic carbocycles. The second-order valence-electron chi connectivity index (χ2n) is 4.80. The molecular formula is C14H10ClN3O4S. The Morgan fingerprint density at radius 2 is 1.70 bits per heavy atom. The average molecular weight is 352 g/mol. The minimum absolute atomic E-state index is 0.116. The molecule has 0 aliphatic heterocycles. The fourth-order valence-electron chi connectivity index (χ4n) is 2.21. The maximum atomic E-state index is 12.5. The second kappa shape index (κ2) is 5.34. The molecule has 3 rings (SSSR count). The van der Waals surface area contributed by atoms with E-state index in [9.17, 15) is 18.0 Å². The summed E-state index contributed by atoms with van der Waals surface area (Å²) in [4.78, 5) is 27.1. The minimum atomic E-state index is -3.85. The van der Waals surface area contributed by atoms with Gasteiger partial charge in [-0.3, -0.25) is 4.79 Å². The van der Waals surface area contributed by atoms with Crippen molar-refractivity contribution >= 4 is 32.5 Å². The Bertz CT molecular complexity index is 1130. The molecule has 0 amide bonds. The molecular weight excluding hydrogens is 342 g/mol. The number of aromatic amines is 1. The highest BCUT2D eigenvalue weighted by Crippen LogP contribution is 2.15. The lowest BCUT2D eigenvalue weighted by atomic mass is 10.2. The topological polar surface area (TPSA) is 115 Å². The molecule has 9 heteroatoms. The molecule has 0 saturated heterocycles. The molecule has 7 nitrogen and oxygen atoms in total. The Hall–Kier alpha value is -2.42. The van der Waals surface area contributed by atoms with Crippen LogP contribution in [0.5, 0.6) is 0 Å². The number of benzene rings is 2. The Morgan fingerprint density at radius 3 is 2.30 bits per heavy atom. The molecule has 3 aromatic rings. The molecule has 0 unspecified atom stereocenters. The Morgan fingerprint density at radius 1 is 1.04 bits per heavy atom. The van der Waals surface area contributed by atoms with Crippen molar-refractivity contribution in [1.29, 1.82) is 0 Å². The van der Waals surface area contributed by atoms with Crippen molar-refractivity contribution < 1.29 is 8.42 Å². The highest BCUT2D eigenvalue weighted by Gasteiger charge is 2.12. The fourth-order valence-corrected chi connectivity index (χ4v) is 2.89. The predicted octanol–water partition coefficient (Wildman–Crippen LogP) is 0.980. The fraction of sp³-hybridized carbons (Fsp3) is 0. The van der Waals surface area contributed by atoms with E-state index >= 15 is 0 Å². The highest BCUT2D eigenvalue weighted by molar-refractivity contribution is 7.89. The number of rotatable bonds is 2. The summed E-state index contributed by atoms with van der Waals surface area (Å²) in [5, 5.41) is 5.62. The second-order valence-corrected chi connectivity index (χ2v) is 6.80. The first-order valence-electron chi connectivity index (χ1n) is 6.35. The number of aromatic nitrogens is 2. The van der Waals surface area contributed by atoms with Crippen LogP contribution >= 0.6 is 11.6 Å². The van der Waals surface area contributed by atoms with Gasteiger partial charge in [-0.1, -0.05) is 11.6 Å². The summed E-state index contributed by atoms with van der Waals surface area (Å²) in [6.07, 6.45) is 0. The molecule has 118 valence electrons. The standard InChI is InChI=1S/C14H10ClN3O4S/c15-8-1-6-12-11(7-8)13(19)18(14(20)17-12)9-2-4-10(5-3-9)23(16,21)22/h1-7H,(H,17,20)(H2,16,21,22). The van der Waals surface area contributed by atoms with Gasteiger partial charge in [-0.15, -0.1) is 0 Å². The van der Waals surface area contributed by atoms with Gasteiger partial charge in [-0.2, -0.15) is 0 Å². The molecule has 0 saturated carbocycles. The van der Waals surface area contributed by atoms with Gasteiger partial charge in [0.15, 0.2) is 0 Å². The summed E-state index contributed by atoms with van der Waals surface area (Å²) in [6, 6.07) is 9.64. The molecule has 0 bridgehead atoms. The molecule has 0 aliphatic rings. The predicted molar refractivity (Wildman–Crippen MR) is 86.5 cm³/mol. The van der Waals surface area contributed by atoms with Crippen molar-refractivity contribution in [3.63, 3.8) is 0 Å². The van der Waals surface area contributed by atoms with Crippen LogP contribution in [-0.2, 0) is 10.0 Å². The van der Waals surface area contributed by atoms with E-state index in [1.54, 1.807) is 6.07 Å². The number of H-pyrrole nitrogens is 1. The smallest absolute Gasteiger partial charge is 0.306 e. The van der Waals surface area contributed by atoms with Crippen LogP contribution in [0, 0.1) is 0 Å². The number of hydrogen-bond donors (Lipinski definition) is 2. The van der Waals surface area contributed by atoms with Crippen LogP contribution in [0.25, 0.3) is 16.6 Å². The van der Waals surface area contributed by atoms with E-state index in [1.807, 2.05) is 0 Å². The molecule has 0 spiro atoms. The van der Waals surface area contributed by atoms with E-state index in [0.717, 1.165) is 4.57 Å². The third-order valence-corrected chi connectivity index (χ3v) is 4.45. The lowest BCUT2D eigenvalue weighted by molar-refractivity contribution is 0.598. The van der Waals surface area contributed by atoms with Crippen LogP contribution in [0.1, 0.15) is 0 Å². The molecule has 3 N–H and O–H groups in total. The zero-order valence-electron chi connectivity index (χ0n) is 11.5. The molecule has 0 atom stereocenters. The normalized spacial score (nSPS) is 11.7. The van der Waals surface area contributed by atoms with Crippen molar-refractivity contribution in [2.45, 2.75) is 4.90 Å². The number of sulfonamides is 1. The summed E-state index contributed by atoms with van der Waals surface area (Å²) in [7, 11) is -3.85. The lowest BCUT2D eigenvalue weighted by Gasteiger charge is -2.07. The largest absolute Gasteiger partial charge is 0.333 e. The van der Waals surface area contributed by atoms with Crippen LogP contribution in [-0.4, -0.2) is 18.0 Å². The first-order chi connectivity index (χ1) is 10.8. The number of nitrogens with zero attached hydrogens (tertiary/aromatic N) is 1. The summed E-state index contributed by atoms with van der Waals surface area (Å²) >= 11 is 5.88. The van der Waals surface area contributed by atoms with Crippen LogP contribution in [0.4, 0.5) is 0 Å². The van der Waals surface area contributed by atoms with Crippen molar-refractivity contribution in [2.24, 2.45) is 5.14 Å². The third-order valence-electron chi connectivity index (χ3n) is 3.28. The molecule has 23 heavy (non-hydrogen) atoms. The van der Waals surface area contributed by atoms with E-state index in [4.69, 9.17) is 16.7 Å². The first kappa shape index (κ1) is 15.5. The van der Waals surface area contributed by atoms with E-state index in [1.165, 1.54) is 36.4 Å². The SMILES string of the molecule is NS(=O)(=O)c1ccc(-n2c(=O)[nH]c3ccc(Cl)cc3c2=O)cc1. The summed E-state index contributed by atoms with van der Waals surface area (Å²) in [5.41, 5.74) is -0.630. The van der Waals surface area contributed by atoms with Crippen LogP contribution in [0.15, 0.2) is 56.9 Å². The van der Waals surface area contributed by atoms with Gasteiger partial charge in [-0.05, 0) is 42.5 Å². The molecule has 1 aromatic heterocycles. The van der Waals surface area contributed by atoms with Crippen LogP contribution < -0.4 is 16.4 Å². The Kier molecular flexibility index (Phi) is 3.59. The lowest BCUT2D eigenvalue weighted by Crippen LogP contribution is -2.33. The number of nitrogens with two attached hydrogens (primary N) is 1. The highest BCUT2D eigenvalue weighted by atomic mass is 35.5. The van der Waals surface area contributed by atoms with Gasteiger partial charge >= 0.3 is 5.69 Å². The third kappa shape index (κ3) is 2.79. The maximum Gasteiger partial charge on any atom is 0.333 e. The van der Waals surface area contributed by atoms with E-state index in [-0.39, 0.29) is 16.0 Å². The molecule has 2 aromatic carbocycles. The van der Waals surface area contributed by atoms with Gasteiger partial charge in [0.25, 0.3) is 5.56 Å². The van der Waals surface area contributed by atoms with E-state index in [0.29, 0.717) is 10.5 Å². The average Bonchev–Trinajstić information content (AvgIpc) is 2.48. The zero-order valence-corrected chi connectivity index (χ0v) is 13.1. The number of hydrogen-bond acceptors (Lipinski definition) is 4.